The molecular formula is C26H24N2O. The van der Waals surface area contributed by atoms with Crippen LogP contribution in [-0.4, -0.2) is 14.2 Å². The summed E-state index contributed by atoms with van der Waals surface area (Å²) in [5.41, 5.74) is 7.09. The number of benzene rings is 3. The highest BCUT2D eigenvalue weighted by atomic mass is 16.3. The van der Waals surface area contributed by atoms with E-state index in [2.05, 4.69) is 96.3 Å². The Bertz CT molecular complexity index is 1250. The van der Waals surface area contributed by atoms with E-state index in [4.69, 9.17) is 0 Å². The van der Waals surface area contributed by atoms with Gasteiger partial charge < -0.3 is 14.2 Å². The normalized spacial score (nSPS) is 11.7. The maximum Gasteiger partial charge on any atom is 0.0684 e. The van der Waals surface area contributed by atoms with E-state index in [1.807, 2.05) is 12.1 Å². The highest BCUT2D eigenvalue weighted by Crippen LogP contribution is 2.41. The zero-order valence-corrected chi connectivity index (χ0v) is 16.7. The molecule has 0 saturated carbocycles. The molecule has 0 aliphatic carbocycles. The van der Waals surface area contributed by atoms with Crippen molar-refractivity contribution in [2.75, 3.05) is 0 Å². The van der Waals surface area contributed by atoms with Gasteiger partial charge >= 0.3 is 0 Å². The van der Waals surface area contributed by atoms with Crippen molar-refractivity contribution in [2.45, 2.75) is 12.5 Å². The van der Waals surface area contributed by atoms with Gasteiger partial charge in [-0.15, -0.1) is 0 Å². The first kappa shape index (κ1) is 17.8. The van der Waals surface area contributed by atoms with Crippen molar-refractivity contribution in [1.29, 1.82) is 0 Å². The predicted molar refractivity (Wildman–Crippen MR) is 119 cm³/mol. The molecule has 0 amide bonds. The minimum Gasteiger partial charge on any atom is -0.392 e. The van der Waals surface area contributed by atoms with Crippen LogP contribution in [0.2, 0.25) is 0 Å². The van der Waals surface area contributed by atoms with Gasteiger partial charge in [-0.05, 0) is 34.4 Å². The third-order valence-corrected chi connectivity index (χ3v) is 6.01. The summed E-state index contributed by atoms with van der Waals surface area (Å²) in [4.78, 5) is 0. The zero-order chi connectivity index (χ0) is 20.0. The zero-order valence-electron chi connectivity index (χ0n) is 16.7. The quantitative estimate of drug-likeness (QED) is 0.448. The van der Waals surface area contributed by atoms with E-state index < -0.39 is 0 Å². The molecule has 3 heteroatoms. The molecule has 3 nitrogen and oxygen atoms in total. The molecule has 0 aliphatic heterocycles. The number of aromatic nitrogens is 2. The van der Waals surface area contributed by atoms with Crippen molar-refractivity contribution in [3.05, 3.63) is 107 Å². The van der Waals surface area contributed by atoms with Crippen LogP contribution in [0, 0.1) is 0 Å². The molecule has 0 fully saturated rings. The van der Waals surface area contributed by atoms with Crippen LogP contribution in [0.15, 0.2) is 85.2 Å². The lowest BCUT2D eigenvalue weighted by Gasteiger charge is -2.20. The van der Waals surface area contributed by atoms with Gasteiger partial charge in [0, 0.05) is 54.2 Å². The summed E-state index contributed by atoms with van der Waals surface area (Å²) in [6.45, 7) is 0.0300. The SMILES string of the molecule is Cn1cc(C(c2ccccc2CO)c2cn(C)c3ccccc23)c2ccccc21. The number of aliphatic hydroxyl groups excluding tert-OH is 1. The van der Waals surface area contributed by atoms with Gasteiger partial charge in [0.05, 0.1) is 6.61 Å². The van der Waals surface area contributed by atoms with Crippen LogP contribution in [0.4, 0.5) is 0 Å². The van der Waals surface area contributed by atoms with Crippen molar-refractivity contribution in [2.24, 2.45) is 14.1 Å². The Morgan fingerprint density at radius 3 is 1.69 bits per heavy atom. The summed E-state index contributed by atoms with van der Waals surface area (Å²) in [7, 11) is 4.20. The van der Waals surface area contributed by atoms with E-state index in [9.17, 15) is 5.11 Å². The minimum atomic E-state index is 0.0300. The lowest BCUT2D eigenvalue weighted by Crippen LogP contribution is -2.06. The minimum absolute atomic E-state index is 0.0300. The van der Waals surface area contributed by atoms with E-state index in [-0.39, 0.29) is 12.5 Å². The molecule has 0 spiro atoms. The Kier molecular flexibility index (Phi) is 4.26. The van der Waals surface area contributed by atoms with Gasteiger partial charge in [-0.1, -0.05) is 60.7 Å². The number of aryl methyl sites for hydroxylation is 2. The molecule has 144 valence electrons. The predicted octanol–water partition coefficient (Wildman–Crippen LogP) is 5.34. The number of fused-ring (bicyclic) bond motifs is 2. The second kappa shape index (κ2) is 6.94. The number of hydrogen-bond acceptors (Lipinski definition) is 1. The number of rotatable bonds is 4. The Labute approximate surface area is 170 Å². The second-order valence-electron chi connectivity index (χ2n) is 7.71. The van der Waals surface area contributed by atoms with E-state index in [0.29, 0.717) is 0 Å². The molecule has 0 aliphatic rings. The van der Waals surface area contributed by atoms with E-state index in [1.165, 1.54) is 32.9 Å². The highest BCUT2D eigenvalue weighted by Gasteiger charge is 2.26. The summed E-state index contributed by atoms with van der Waals surface area (Å²) in [6.07, 6.45) is 4.48. The number of aliphatic hydroxyl groups is 1. The van der Waals surface area contributed by atoms with Crippen LogP contribution >= 0.6 is 0 Å². The van der Waals surface area contributed by atoms with Crippen LogP contribution in [0.25, 0.3) is 21.8 Å². The fourth-order valence-electron chi connectivity index (χ4n) is 4.67. The Morgan fingerprint density at radius 1 is 0.655 bits per heavy atom. The monoisotopic (exact) mass is 380 g/mol. The van der Waals surface area contributed by atoms with E-state index in [1.54, 1.807) is 0 Å². The van der Waals surface area contributed by atoms with Gasteiger partial charge in [-0.2, -0.15) is 0 Å². The van der Waals surface area contributed by atoms with Crippen LogP contribution in [0.3, 0.4) is 0 Å². The average Bonchev–Trinajstić information content (AvgIpc) is 3.27. The fourth-order valence-corrected chi connectivity index (χ4v) is 4.67. The van der Waals surface area contributed by atoms with Crippen LogP contribution in [0.1, 0.15) is 28.2 Å². The molecule has 0 unspecified atom stereocenters. The van der Waals surface area contributed by atoms with Crippen molar-refractivity contribution < 1.29 is 5.11 Å². The largest absolute Gasteiger partial charge is 0.392 e. The average molecular weight is 380 g/mol. The number of nitrogens with zero attached hydrogens (tertiary/aromatic N) is 2. The van der Waals surface area contributed by atoms with Gasteiger partial charge in [0.15, 0.2) is 0 Å². The van der Waals surface area contributed by atoms with E-state index in [0.717, 1.165) is 11.1 Å². The van der Waals surface area contributed by atoms with Gasteiger partial charge in [-0.25, -0.2) is 0 Å². The summed E-state index contributed by atoms with van der Waals surface area (Å²) in [5, 5.41) is 12.6. The third-order valence-electron chi connectivity index (χ3n) is 6.01. The lowest BCUT2D eigenvalue weighted by molar-refractivity contribution is 0.280. The molecule has 1 N–H and O–H groups in total. The van der Waals surface area contributed by atoms with Crippen LogP contribution < -0.4 is 0 Å². The number of para-hydroxylation sites is 2. The molecule has 2 heterocycles. The molecule has 3 aromatic carbocycles. The third kappa shape index (κ3) is 2.78. The summed E-state index contributed by atoms with van der Waals surface area (Å²) in [6, 6.07) is 25.3. The van der Waals surface area contributed by atoms with Gasteiger partial charge in [-0.3, -0.25) is 0 Å². The van der Waals surface area contributed by atoms with E-state index >= 15 is 0 Å². The molecule has 0 atom stereocenters. The van der Waals surface area contributed by atoms with Crippen molar-refractivity contribution in [3.8, 4) is 0 Å². The molecule has 0 bridgehead atoms. The summed E-state index contributed by atoms with van der Waals surface area (Å²) < 4.78 is 4.40. The topological polar surface area (TPSA) is 30.1 Å². The molecule has 29 heavy (non-hydrogen) atoms. The van der Waals surface area contributed by atoms with Crippen molar-refractivity contribution in [3.63, 3.8) is 0 Å². The highest BCUT2D eigenvalue weighted by molar-refractivity contribution is 5.89. The molecule has 0 radical (unpaired) electrons. The Morgan fingerprint density at radius 2 is 1.14 bits per heavy atom. The molecular weight excluding hydrogens is 356 g/mol. The molecule has 2 aromatic heterocycles. The first-order valence-corrected chi connectivity index (χ1v) is 9.95. The maximum atomic E-state index is 10.1. The van der Waals surface area contributed by atoms with Crippen LogP contribution in [-0.2, 0) is 20.7 Å². The smallest absolute Gasteiger partial charge is 0.0684 e. The first-order chi connectivity index (χ1) is 14.2. The van der Waals surface area contributed by atoms with Crippen LogP contribution in [0.5, 0.6) is 0 Å². The fraction of sp³-hybridized carbons (Fsp3) is 0.154. The molecule has 0 saturated heterocycles. The second-order valence-corrected chi connectivity index (χ2v) is 7.71. The maximum absolute atomic E-state index is 10.1. The lowest BCUT2D eigenvalue weighted by atomic mass is 9.82. The van der Waals surface area contributed by atoms with Crippen molar-refractivity contribution >= 4 is 21.8 Å². The Hall–Kier alpha value is -3.30. The van der Waals surface area contributed by atoms with Gasteiger partial charge in [0.1, 0.15) is 0 Å². The summed E-state index contributed by atoms with van der Waals surface area (Å²) in [5.74, 6) is 0.0375. The van der Waals surface area contributed by atoms with Gasteiger partial charge in [0.2, 0.25) is 0 Å². The Balaban J connectivity index is 1.87. The standard InChI is InChI=1S/C26H24N2O/c1-27-15-22(20-11-5-7-13-24(20)27)26(19-10-4-3-9-18(19)17-29)23-16-28(2)25-14-8-6-12-21(23)25/h3-16,26,29H,17H2,1-2H3. The molecule has 5 aromatic rings. The number of hydrogen-bond donors (Lipinski definition) is 1. The summed E-state index contributed by atoms with van der Waals surface area (Å²) >= 11 is 0. The van der Waals surface area contributed by atoms with Gasteiger partial charge in [0.25, 0.3) is 0 Å². The first-order valence-electron chi connectivity index (χ1n) is 9.95. The van der Waals surface area contributed by atoms with Crippen molar-refractivity contribution in [1.82, 2.24) is 9.13 Å². The molecule has 5 rings (SSSR count).